The van der Waals surface area contributed by atoms with E-state index < -0.39 is 23.7 Å². The molecule has 0 radical (unpaired) electrons. The number of amides is 1. The van der Waals surface area contributed by atoms with Gasteiger partial charge in [-0.1, -0.05) is 24.6 Å². The molecule has 1 amide bonds. The van der Waals surface area contributed by atoms with E-state index in [1.165, 1.54) is 12.1 Å². The Bertz CT molecular complexity index is 701. The molecule has 0 unspecified atom stereocenters. The Morgan fingerprint density at radius 3 is 2.75 bits per heavy atom. The Balaban J connectivity index is 2.05. The first-order valence-electron chi connectivity index (χ1n) is 7.92. The average Bonchev–Trinajstić information content (AvgIpc) is 2.80. The van der Waals surface area contributed by atoms with Gasteiger partial charge in [0.15, 0.2) is 0 Å². The first kappa shape index (κ1) is 17.0. The second-order valence-corrected chi connectivity index (χ2v) is 6.73. The van der Waals surface area contributed by atoms with Gasteiger partial charge in [0.2, 0.25) is 0 Å². The van der Waals surface area contributed by atoms with E-state index in [4.69, 9.17) is 0 Å². The van der Waals surface area contributed by atoms with E-state index in [1.54, 1.807) is 19.1 Å². The Kier molecular flexibility index (Phi) is 3.94. The van der Waals surface area contributed by atoms with Crippen LogP contribution in [0.1, 0.15) is 42.1 Å². The summed E-state index contributed by atoms with van der Waals surface area (Å²) in [6.45, 7) is 3.59. The molecule has 1 heterocycles. The third-order valence-corrected chi connectivity index (χ3v) is 4.85. The highest BCUT2D eigenvalue weighted by Crippen LogP contribution is 2.49. The number of alkyl halides is 3. The van der Waals surface area contributed by atoms with Crippen LogP contribution >= 0.6 is 0 Å². The maximum atomic E-state index is 13.7. The van der Waals surface area contributed by atoms with Gasteiger partial charge in [-0.3, -0.25) is 4.79 Å². The zero-order chi connectivity index (χ0) is 17.7. The molecule has 1 aromatic rings. The number of hydrogen-bond donors (Lipinski definition) is 1. The second-order valence-electron chi connectivity index (χ2n) is 6.73. The molecule has 1 N–H and O–H groups in total. The van der Waals surface area contributed by atoms with Gasteiger partial charge in [0, 0.05) is 11.3 Å². The van der Waals surface area contributed by atoms with Crippen molar-refractivity contribution in [1.29, 1.82) is 0 Å². The fraction of sp³-hybridized carbons (Fsp3) is 0.529. The van der Waals surface area contributed by atoms with Crippen LogP contribution in [-0.4, -0.2) is 33.6 Å². The molecule has 7 heteroatoms. The van der Waals surface area contributed by atoms with Gasteiger partial charge in [-0.05, 0) is 44.2 Å². The van der Waals surface area contributed by atoms with Gasteiger partial charge in [0.1, 0.15) is 0 Å². The number of benzene rings is 1. The second kappa shape index (κ2) is 5.58. The maximum absolute atomic E-state index is 13.7. The summed E-state index contributed by atoms with van der Waals surface area (Å²) >= 11 is 0. The summed E-state index contributed by atoms with van der Waals surface area (Å²) in [4.78, 5) is 12.6. The van der Waals surface area contributed by atoms with Crippen molar-refractivity contribution in [3.05, 3.63) is 35.4 Å². The van der Waals surface area contributed by atoms with Crippen LogP contribution in [0, 0.1) is 18.8 Å². The number of aliphatic hydroxyl groups is 1. The number of carbonyl (C=O) groups is 1. The Morgan fingerprint density at radius 2 is 2.12 bits per heavy atom. The molecule has 0 spiro atoms. The predicted molar refractivity (Wildman–Crippen MR) is 82.3 cm³/mol. The lowest BCUT2D eigenvalue weighted by Gasteiger charge is -2.39. The molecule has 3 atom stereocenters. The number of fused-ring (bicyclic) bond motifs is 1. The number of hydrogen-bond acceptors (Lipinski definition) is 3. The van der Waals surface area contributed by atoms with Gasteiger partial charge in [0.05, 0.1) is 5.92 Å². The molecular weight excluding hydrogens is 321 g/mol. The third-order valence-electron chi connectivity index (χ3n) is 4.85. The van der Waals surface area contributed by atoms with Gasteiger partial charge < -0.3 is 5.11 Å². The molecule has 3 rings (SSSR count). The minimum Gasteiger partial charge on any atom is -0.362 e. The summed E-state index contributed by atoms with van der Waals surface area (Å²) in [5, 5.41) is 14.7. The lowest BCUT2D eigenvalue weighted by Crippen LogP contribution is -2.61. The number of hydrazone groups is 1. The van der Waals surface area contributed by atoms with Crippen LogP contribution in [-0.2, 0) is 0 Å². The van der Waals surface area contributed by atoms with Crippen LogP contribution in [0.4, 0.5) is 13.2 Å². The zero-order valence-electron chi connectivity index (χ0n) is 13.5. The van der Waals surface area contributed by atoms with Crippen molar-refractivity contribution in [2.75, 3.05) is 0 Å². The van der Waals surface area contributed by atoms with Crippen molar-refractivity contribution in [3.63, 3.8) is 0 Å². The molecule has 0 aromatic heterocycles. The standard InChI is InChI=1S/C17H19F3N2O2/c1-10-4-3-5-12(8-10)15(23)22-16(24,17(18,19)20)13-9-11(2)6-7-14(13)21-22/h3-5,8,11,13,24H,6-7,9H2,1-2H3/t11-,13-,16-/m0/s1. The molecule has 1 aliphatic heterocycles. The fourth-order valence-corrected chi connectivity index (χ4v) is 3.51. The van der Waals surface area contributed by atoms with E-state index in [0.717, 1.165) is 5.56 Å². The first-order valence-corrected chi connectivity index (χ1v) is 7.92. The van der Waals surface area contributed by atoms with Crippen LogP contribution in [0.25, 0.3) is 0 Å². The fourth-order valence-electron chi connectivity index (χ4n) is 3.51. The van der Waals surface area contributed by atoms with Gasteiger partial charge >= 0.3 is 6.18 Å². The quantitative estimate of drug-likeness (QED) is 0.851. The van der Waals surface area contributed by atoms with Crippen molar-refractivity contribution in [2.45, 2.75) is 45.0 Å². The monoisotopic (exact) mass is 340 g/mol. The molecule has 1 saturated carbocycles. The minimum absolute atomic E-state index is 0.0387. The van der Waals surface area contributed by atoms with Crippen LogP contribution in [0.5, 0.6) is 0 Å². The highest BCUT2D eigenvalue weighted by Gasteiger charge is 2.68. The molecule has 130 valence electrons. The summed E-state index contributed by atoms with van der Waals surface area (Å²) in [7, 11) is 0. The number of carbonyl (C=O) groups excluding carboxylic acids is 1. The summed E-state index contributed by atoms with van der Waals surface area (Å²) in [6, 6.07) is 6.25. The number of rotatable bonds is 1. The summed E-state index contributed by atoms with van der Waals surface area (Å²) in [5.74, 6) is -2.10. The van der Waals surface area contributed by atoms with E-state index in [2.05, 4.69) is 5.10 Å². The van der Waals surface area contributed by atoms with Crippen LogP contribution in [0.3, 0.4) is 0 Å². The van der Waals surface area contributed by atoms with Gasteiger partial charge in [0.25, 0.3) is 11.6 Å². The third kappa shape index (κ3) is 2.51. The number of aryl methyl sites for hydroxylation is 1. The molecule has 24 heavy (non-hydrogen) atoms. The molecule has 1 fully saturated rings. The smallest absolute Gasteiger partial charge is 0.362 e. The highest BCUT2D eigenvalue weighted by molar-refractivity contribution is 5.99. The van der Waals surface area contributed by atoms with Gasteiger partial charge in [-0.2, -0.15) is 23.3 Å². The average molecular weight is 340 g/mol. The molecule has 4 nitrogen and oxygen atoms in total. The summed E-state index contributed by atoms with van der Waals surface area (Å²) in [5.41, 5.74) is -2.20. The van der Waals surface area contributed by atoms with Crippen molar-refractivity contribution in [2.24, 2.45) is 16.9 Å². The topological polar surface area (TPSA) is 52.9 Å². The zero-order valence-corrected chi connectivity index (χ0v) is 13.5. The Labute approximate surface area is 138 Å². The summed E-state index contributed by atoms with van der Waals surface area (Å²) < 4.78 is 41.2. The number of halogens is 3. The van der Waals surface area contributed by atoms with E-state index in [9.17, 15) is 23.1 Å². The molecule has 1 aliphatic carbocycles. The molecule has 0 saturated heterocycles. The SMILES string of the molecule is Cc1cccc(C(=O)N2N=C3CC[C@H](C)C[C@@H]3[C@]2(O)C(F)(F)F)c1. The summed E-state index contributed by atoms with van der Waals surface area (Å²) in [6.07, 6.45) is -3.76. The van der Waals surface area contributed by atoms with Crippen LogP contribution in [0.2, 0.25) is 0 Å². The molecule has 1 aromatic carbocycles. The minimum atomic E-state index is -4.99. The number of nitrogens with zero attached hydrogens (tertiary/aromatic N) is 2. The predicted octanol–water partition coefficient (Wildman–Crippen LogP) is 3.49. The normalized spacial score (nSPS) is 30.1. The van der Waals surface area contributed by atoms with Gasteiger partial charge in [-0.15, -0.1) is 0 Å². The molecular formula is C17H19F3N2O2. The van der Waals surface area contributed by atoms with Crippen molar-refractivity contribution in [1.82, 2.24) is 5.01 Å². The van der Waals surface area contributed by atoms with E-state index in [-0.39, 0.29) is 28.6 Å². The van der Waals surface area contributed by atoms with Crippen LogP contribution < -0.4 is 0 Å². The van der Waals surface area contributed by atoms with Crippen LogP contribution in [0.15, 0.2) is 29.4 Å². The highest BCUT2D eigenvalue weighted by atomic mass is 19.4. The lowest BCUT2D eigenvalue weighted by molar-refractivity contribution is -0.313. The van der Waals surface area contributed by atoms with Crippen molar-refractivity contribution >= 4 is 11.6 Å². The lowest BCUT2D eigenvalue weighted by atomic mass is 9.76. The Morgan fingerprint density at radius 1 is 1.42 bits per heavy atom. The van der Waals surface area contributed by atoms with Crippen molar-refractivity contribution < 1.29 is 23.1 Å². The van der Waals surface area contributed by atoms with Crippen molar-refractivity contribution in [3.8, 4) is 0 Å². The first-order chi connectivity index (χ1) is 11.1. The van der Waals surface area contributed by atoms with E-state index in [1.807, 2.05) is 6.92 Å². The molecule has 0 bridgehead atoms. The largest absolute Gasteiger partial charge is 0.439 e. The van der Waals surface area contributed by atoms with Gasteiger partial charge in [-0.25, -0.2) is 0 Å². The molecule has 2 aliphatic rings. The Hall–Kier alpha value is -1.89. The van der Waals surface area contributed by atoms with E-state index >= 15 is 0 Å². The van der Waals surface area contributed by atoms with E-state index in [0.29, 0.717) is 12.8 Å². The maximum Gasteiger partial charge on any atom is 0.439 e.